The van der Waals surface area contributed by atoms with Crippen molar-refractivity contribution in [3.8, 4) is 34.5 Å². The lowest BCUT2D eigenvalue weighted by Crippen LogP contribution is -2.21. The second kappa shape index (κ2) is 8.72. The average molecular weight is 474 g/mol. The summed E-state index contributed by atoms with van der Waals surface area (Å²) in [6.45, 7) is 0. The first kappa shape index (κ1) is 22.3. The highest BCUT2D eigenvalue weighted by Gasteiger charge is 2.38. The lowest BCUT2D eigenvalue weighted by Gasteiger charge is -2.26. The van der Waals surface area contributed by atoms with Crippen LogP contribution in [-0.4, -0.2) is 38.2 Å². The smallest absolute Gasteiger partial charge is 0.312 e. The molecule has 8 nitrogen and oxygen atoms in total. The van der Waals surface area contributed by atoms with E-state index in [-0.39, 0.29) is 23.7 Å². The molecular formula is C27H22O8. The van der Waals surface area contributed by atoms with Crippen LogP contribution in [0.1, 0.15) is 39.4 Å². The molecular weight excluding hydrogens is 452 g/mol. The summed E-state index contributed by atoms with van der Waals surface area (Å²) < 4.78 is 27.7. The Hall–Kier alpha value is -4.46. The fourth-order valence-electron chi connectivity index (χ4n) is 4.44. The Balaban J connectivity index is 1.61. The first-order valence-corrected chi connectivity index (χ1v) is 10.8. The molecule has 0 radical (unpaired) electrons. The third-order valence-corrected chi connectivity index (χ3v) is 6.07. The second-order valence-corrected chi connectivity index (χ2v) is 8.07. The van der Waals surface area contributed by atoms with Gasteiger partial charge in [-0.2, -0.15) is 0 Å². The SMILES string of the molecule is COc1cc(OC)c(OC)cc1/C=C1\Oc2c(ccc3c2C(c2cccc(O)c2)CC(=O)O3)C1=O. The molecule has 5 rings (SSSR count). The normalized spacial score (nSPS) is 17.3. The monoisotopic (exact) mass is 474 g/mol. The third-order valence-electron chi connectivity index (χ3n) is 6.07. The number of hydrogen-bond donors (Lipinski definition) is 1. The number of allylic oxidation sites excluding steroid dienone is 1. The van der Waals surface area contributed by atoms with Gasteiger partial charge in [0.2, 0.25) is 5.78 Å². The molecule has 2 heterocycles. The van der Waals surface area contributed by atoms with Crippen LogP contribution in [0.5, 0.6) is 34.5 Å². The van der Waals surface area contributed by atoms with Crippen molar-refractivity contribution < 1.29 is 38.4 Å². The van der Waals surface area contributed by atoms with E-state index >= 15 is 0 Å². The number of ether oxygens (including phenoxy) is 5. The second-order valence-electron chi connectivity index (χ2n) is 8.07. The molecule has 2 aliphatic rings. The van der Waals surface area contributed by atoms with Gasteiger partial charge in [-0.25, -0.2) is 0 Å². The van der Waals surface area contributed by atoms with Crippen molar-refractivity contribution >= 4 is 17.8 Å². The van der Waals surface area contributed by atoms with Crippen LogP contribution >= 0.6 is 0 Å². The fraction of sp³-hybridized carbons (Fsp3) is 0.185. The van der Waals surface area contributed by atoms with Gasteiger partial charge in [-0.15, -0.1) is 0 Å². The van der Waals surface area contributed by atoms with Gasteiger partial charge in [-0.3, -0.25) is 9.59 Å². The van der Waals surface area contributed by atoms with E-state index in [0.717, 1.165) is 0 Å². The fourth-order valence-corrected chi connectivity index (χ4v) is 4.44. The van der Waals surface area contributed by atoms with Gasteiger partial charge in [-0.05, 0) is 42.0 Å². The van der Waals surface area contributed by atoms with Crippen molar-refractivity contribution in [3.05, 3.63) is 76.5 Å². The Morgan fingerprint density at radius 3 is 2.37 bits per heavy atom. The molecule has 0 amide bonds. The number of benzene rings is 3. The molecule has 8 heteroatoms. The van der Waals surface area contributed by atoms with Crippen molar-refractivity contribution in [1.82, 2.24) is 0 Å². The third kappa shape index (κ3) is 3.82. The first-order valence-electron chi connectivity index (χ1n) is 10.8. The van der Waals surface area contributed by atoms with E-state index in [9.17, 15) is 14.7 Å². The molecule has 2 aliphatic heterocycles. The standard InChI is InChI=1S/C27H22O8/c1-31-20-13-22(33-3)21(32-2)10-15(20)11-23-26(30)17-7-8-19-25(27(17)35-23)18(12-24(29)34-19)14-5-4-6-16(28)9-14/h4-11,13,18,28H,12H2,1-3H3/b23-11-. The Kier molecular flexibility index (Phi) is 5.56. The van der Waals surface area contributed by atoms with Gasteiger partial charge in [0.25, 0.3) is 0 Å². The first-order chi connectivity index (χ1) is 16.9. The number of phenolic OH excluding ortho intramolecular Hbond substituents is 1. The summed E-state index contributed by atoms with van der Waals surface area (Å²) in [4.78, 5) is 25.6. The molecule has 0 fully saturated rings. The molecule has 0 saturated carbocycles. The van der Waals surface area contributed by atoms with Gasteiger partial charge in [0, 0.05) is 23.1 Å². The molecule has 0 spiro atoms. The number of aromatic hydroxyl groups is 1. The van der Waals surface area contributed by atoms with Gasteiger partial charge >= 0.3 is 5.97 Å². The van der Waals surface area contributed by atoms with E-state index in [1.165, 1.54) is 21.3 Å². The number of carbonyl (C=O) groups excluding carboxylic acids is 2. The number of rotatable bonds is 5. The van der Waals surface area contributed by atoms with Gasteiger partial charge < -0.3 is 28.8 Å². The number of fused-ring (bicyclic) bond motifs is 3. The van der Waals surface area contributed by atoms with Gasteiger partial charge in [-0.1, -0.05) is 12.1 Å². The highest BCUT2D eigenvalue weighted by Crippen LogP contribution is 2.49. The maximum Gasteiger partial charge on any atom is 0.312 e. The van der Waals surface area contributed by atoms with Gasteiger partial charge in [0.1, 0.15) is 23.0 Å². The van der Waals surface area contributed by atoms with Crippen LogP contribution in [0.25, 0.3) is 6.08 Å². The molecule has 1 unspecified atom stereocenters. The van der Waals surface area contributed by atoms with Crippen LogP contribution in [0.4, 0.5) is 0 Å². The summed E-state index contributed by atoms with van der Waals surface area (Å²) in [5.74, 6) is 1.08. The summed E-state index contributed by atoms with van der Waals surface area (Å²) in [6, 6.07) is 13.2. The number of phenols is 1. The molecule has 3 aromatic rings. The van der Waals surface area contributed by atoms with Crippen LogP contribution in [0.3, 0.4) is 0 Å². The Bertz CT molecular complexity index is 1390. The van der Waals surface area contributed by atoms with Crippen molar-refractivity contribution in [1.29, 1.82) is 0 Å². The number of methoxy groups -OCH3 is 3. The maximum atomic E-state index is 13.3. The summed E-state index contributed by atoms with van der Waals surface area (Å²) in [5.41, 5.74) is 2.22. The zero-order valence-electron chi connectivity index (χ0n) is 19.3. The highest BCUT2D eigenvalue weighted by molar-refractivity contribution is 6.15. The molecule has 1 atom stereocenters. The van der Waals surface area contributed by atoms with Crippen LogP contribution in [0, 0.1) is 0 Å². The Morgan fingerprint density at radius 2 is 1.66 bits per heavy atom. The van der Waals surface area contributed by atoms with Crippen molar-refractivity contribution in [3.63, 3.8) is 0 Å². The zero-order valence-corrected chi connectivity index (χ0v) is 19.3. The van der Waals surface area contributed by atoms with Gasteiger partial charge in [0.05, 0.1) is 33.3 Å². The van der Waals surface area contributed by atoms with E-state index in [4.69, 9.17) is 23.7 Å². The highest BCUT2D eigenvalue weighted by atomic mass is 16.5. The number of esters is 1. The summed E-state index contributed by atoms with van der Waals surface area (Å²) in [6.07, 6.45) is 1.63. The molecule has 0 aromatic heterocycles. The number of Topliss-reactive ketones (excluding diaryl/α,β-unsaturated/α-hetero) is 1. The Morgan fingerprint density at radius 1 is 0.914 bits per heavy atom. The maximum absolute atomic E-state index is 13.3. The van der Waals surface area contributed by atoms with E-state index in [0.29, 0.717) is 51.0 Å². The molecule has 0 aliphatic carbocycles. The quantitative estimate of drug-likeness (QED) is 0.328. The Labute approximate surface area is 201 Å². The predicted molar refractivity (Wildman–Crippen MR) is 126 cm³/mol. The summed E-state index contributed by atoms with van der Waals surface area (Å²) in [7, 11) is 4.55. The van der Waals surface area contributed by atoms with Crippen molar-refractivity contribution in [2.45, 2.75) is 12.3 Å². The molecule has 1 N–H and O–H groups in total. The molecule has 0 saturated heterocycles. The van der Waals surface area contributed by atoms with E-state index in [1.54, 1.807) is 48.5 Å². The number of ketones is 1. The zero-order chi connectivity index (χ0) is 24.7. The lowest BCUT2D eigenvalue weighted by atomic mass is 9.84. The van der Waals surface area contributed by atoms with Crippen LogP contribution in [0.15, 0.2) is 54.3 Å². The van der Waals surface area contributed by atoms with Crippen LogP contribution < -0.4 is 23.7 Å². The molecule has 0 bridgehead atoms. The average Bonchev–Trinajstić information content (AvgIpc) is 3.18. The molecule has 3 aromatic carbocycles. The van der Waals surface area contributed by atoms with Crippen molar-refractivity contribution in [2.24, 2.45) is 0 Å². The van der Waals surface area contributed by atoms with E-state index < -0.39 is 11.9 Å². The van der Waals surface area contributed by atoms with E-state index in [1.807, 2.05) is 6.07 Å². The predicted octanol–water partition coefficient (Wildman–Crippen LogP) is 4.48. The van der Waals surface area contributed by atoms with Crippen molar-refractivity contribution in [2.75, 3.05) is 21.3 Å². The molecule has 35 heavy (non-hydrogen) atoms. The van der Waals surface area contributed by atoms with Gasteiger partial charge in [0.15, 0.2) is 17.3 Å². The summed E-state index contributed by atoms with van der Waals surface area (Å²) in [5, 5.41) is 9.99. The molecule has 178 valence electrons. The minimum Gasteiger partial charge on any atom is -0.508 e. The van der Waals surface area contributed by atoms with E-state index in [2.05, 4.69) is 0 Å². The topological polar surface area (TPSA) is 101 Å². The number of carbonyl (C=O) groups is 2. The minimum absolute atomic E-state index is 0.0486. The largest absolute Gasteiger partial charge is 0.508 e. The van der Waals surface area contributed by atoms with Crippen LogP contribution in [-0.2, 0) is 4.79 Å². The minimum atomic E-state index is -0.448. The number of hydrogen-bond acceptors (Lipinski definition) is 8. The summed E-state index contributed by atoms with van der Waals surface area (Å²) >= 11 is 0. The van der Waals surface area contributed by atoms with Crippen LogP contribution in [0.2, 0.25) is 0 Å². The lowest BCUT2D eigenvalue weighted by molar-refractivity contribution is -0.135.